The fourth-order valence-electron chi connectivity index (χ4n) is 1.31. The van der Waals surface area contributed by atoms with E-state index in [9.17, 15) is 9.59 Å². The first kappa shape index (κ1) is 14.8. The number of carbonyl (C=O) groups is 2. The summed E-state index contributed by atoms with van der Waals surface area (Å²) in [5, 5.41) is 20.4. The van der Waals surface area contributed by atoms with Crippen LogP contribution in [0.1, 0.15) is 16.8 Å². The molecule has 1 aromatic carbocycles. The van der Waals surface area contributed by atoms with Gasteiger partial charge < -0.3 is 15.5 Å². The first-order valence-corrected chi connectivity index (χ1v) is 5.80. The Balaban J connectivity index is 2.83. The first-order chi connectivity index (χ1) is 8.43. The smallest absolute Gasteiger partial charge is 0.326 e. The van der Waals surface area contributed by atoms with Gasteiger partial charge in [-0.2, -0.15) is 0 Å². The number of nitrogens with one attached hydrogen (secondary N) is 1. The SMILES string of the molecule is O=C(N[C@H](CCO)C(=O)O)c1cc(Cl)cc(Cl)c1. The van der Waals surface area contributed by atoms with Gasteiger partial charge in [-0.1, -0.05) is 23.2 Å². The van der Waals surface area contributed by atoms with Gasteiger partial charge in [0.15, 0.2) is 0 Å². The fourth-order valence-corrected chi connectivity index (χ4v) is 1.84. The number of aliphatic hydroxyl groups is 1. The fraction of sp³-hybridized carbons (Fsp3) is 0.273. The summed E-state index contributed by atoms with van der Waals surface area (Å²) in [6.45, 7) is -0.340. The number of amides is 1. The van der Waals surface area contributed by atoms with E-state index >= 15 is 0 Å². The van der Waals surface area contributed by atoms with Crippen molar-refractivity contribution in [3.05, 3.63) is 33.8 Å². The second-order valence-electron chi connectivity index (χ2n) is 3.53. The van der Waals surface area contributed by atoms with E-state index < -0.39 is 17.9 Å². The molecule has 0 fully saturated rings. The van der Waals surface area contributed by atoms with E-state index in [2.05, 4.69) is 5.32 Å². The predicted molar refractivity (Wildman–Crippen MR) is 67.1 cm³/mol. The van der Waals surface area contributed by atoms with Gasteiger partial charge in [0, 0.05) is 28.6 Å². The Hall–Kier alpha value is -1.30. The highest BCUT2D eigenvalue weighted by atomic mass is 35.5. The molecule has 1 aromatic rings. The van der Waals surface area contributed by atoms with Crippen LogP contribution in [0.2, 0.25) is 10.0 Å². The molecule has 0 unspecified atom stereocenters. The second-order valence-corrected chi connectivity index (χ2v) is 4.41. The predicted octanol–water partition coefficient (Wildman–Crippen LogP) is 1.56. The Labute approximate surface area is 113 Å². The number of hydrogen-bond acceptors (Lipinski definition) is 3. The van der Waals surface area contributed by atoms with Gasteiger partial charge in [0.05, 0.1) is 0 Å². The molecule has 0 heterocycles. The molecule has 1 amide bonds. The largest absolute Gasteiger partial charge is 0.480 e. The molecule has 7 heteroatoms. The average Bonchev–Trinajstić information content (AvgIpc) is 2.26. The molecule has 0 saturated heterocycles. The highest BCUT2D eigenvalue weighted by Gasteiger charge is 2.20. The van der Waals surface area contributed by atoms with E-state index in [0.29, 0.717) is 0 Å². The zero-order valence-corrected chi connectivity index (χ0v) is 10.7. The summed E-state index contributed by atoms with van der Waals surface area (Å²) in [4.78, 5) is 22.6. The summed E-state index contributed by atoms with van der Waals surface area (Å²) in [7, 11) is 0. The van der Waals surface area contributed by atoms with Gasteiger partial charge in [-0.3, -0.25) is 4.79 Å². The minimum atomic E-state index is -1.22. The van der Waals surface area contributed by atoms with Crippen molar-refractivity contribution in [1.82, 2.24) is 5.32 Å². The molecule has 0 bridgehead atoms. The highest BCUT2D eigenvalue weighted by molar-refractivity contribution is 6.35. The van der Waals surface area contributed by atoms with Gasteiger partial charge in [0.25, 0.3) is 5.91 Å². The third kappa shape index (κ3) is 4.18. The summed E-state index contributed by atoms with van der Waals surface area (Å²) in [5.41, 5.74) is 0.164. The molecule has 1 atom stereocenters. The Morgan fingerprint density at radius 3 is 2.22 bits per heavy atom. The van der Waals surface area contributed by atoms with Crippen molar-refractivity contribution in [3.8, 4) is 0 Å². The molecule has 5 nitrogen and oxygen atoms in total. The molecule has 0 aromatic heterocycles. The number of aliphatic carboxylic acids is 1. The minimum absolute atomic E-state index is 0.0740. The minimum Gasteiger partial charge on any atom is -0.480 e. The quantitative estimate of drug-likeness (QED) is 0.768. The Morgan fingerprint density at radius 2 is 1.78 bits per heavy atom. The molecule has 18 heavy (non-hydrogen) atoms. The number of carboxylic acids is 1. The van der Waals surface area contributed by atoms with Gasteiger partial charge >= 0.3 is 5.97 Å². The van der Waals surface area contributed by atoms with Crippen LogP contribution in [0, 0.1) is 0 Å². The normalized spacial score (nSPS) is 11.9. The summed E-state index contributed by atoms with van der Waals surface area (Å²) >= 11 is 11.5. The lowest BCUT2D eigenvalue weighted by atomic mass is 10.1. The van der Waals surface area contributed by atoms with Crippen LogP contribution in [-0.2, 0) is 4.79 Å². The van der Waals surface area contributed by atoms with E-state index in [4.69, 9.17) is 33.4 Å². The molecular formula is C11H11Cl2NO4. The lowest BCUT2D eigenvalue weighted by Gasteiger charge is -2.13. The van der Waals surface area contributed by atoms with Crippen LogP contribution in [0.3, 0.4) is 0 Å². The lowest BCUT2D eigenvalue weighted by molar-refractivity contribution is -0.139. The van der Waals surface area contributed by atoms with Crippen molar-refractivity contribution >= 4 is 35.1 Å². The summed E-state index contributed by atoms with van der Waals surface area (Å²) in [5.74, 6) is -1.83. The van der Waals surface area contributed by atoms with E-state index in [1.807, 2.05) is 0 Å². The van der Waals surface area contributed by atoms with E-state index in [-0.39, 0.29) is 28.6 Å². The van der Waals surface area contributed by atoms with E-state index in [0.717, 1.165) is 0 Å². The van der Waals surface area contributed by atoms with Crippen LogP contribution in [0.4, 0.5) is 0 Å². The molecule has 3 N–H and O–H groups in total. The molecule has 0 aliphatic carbocycles. The maximum Gasteiger partial charge on any atom is 0.326 e. The van der Waals surface area contributed by atoms with Gasteiger partial charge in [0.2, 0.25) is 0 Å². The Bertz CT molecular complexity index is 444. The molecule has 0 spiro atoms. The standard InChI is InChI=1S/C11H11Cl2NO4/c12-7-3-6(4-8(13)5-7)10(16)14-9(1-2-15)11(17)18/h3-5,9,15H,1-2H2,(H,14,16)(H,17,18)/t9-/m1/s1. The summed E-state index contributed by atoms with van der Waals surface area (Å²) in [6, 6.07) is 3.06. The molecular weight excluding hydrogens is 281 g/mol. The van der Waals surface area contributed by atoms with Crippen LogP contribution in [0.15, 0.2) is 18.2 Å². The zero-order chi connectivity index (χ0) is 13.7. The number of benzene rings is 1. The number of carboxylic acid groups (broad SMARTS) is 1. The van der Waals surface area contributed by atoms with Gasteiger partial charge in [0.1, 0.15) is 6.04 Å². The first-order valence-electron chi connectivity index (χ1n) is 5.04. The number of carbonyl (C=O) groups excluding carboxylic acids is 1. The topological polar surface area (TPSA) is 86.6 Å². The van der Waals surface area contributed by atoms with Crippen LogP contribution in [0.5, 0.6) is 0 Å². The molecule has 0 aliphatic rings. The Morgan fingerprint density at radius 1 is 1.22 bits per heavy atom. The van der Waals surface area contributed by atoms with Gasteiger partial charge in [-0.05, 0) is 18.2 Å². The van der Waals surface area contributed by atoms with Crippen LogP contribution in [-0.4, -0.2) is 34.7 Å². The van der Waals surface area contributed by atoms with E-state index in [1.54, 1.807) is 0 Å². The average molecular weight is 292 g/mol. The molecule has 0 radical (unpaired) electrons. The number of aliphatic hydroxyl groups excluding tert-OH is 1. The van der Waals surface area contributed by atoms with Crippen molar-refractivity contribution in [2.24, 2.45) is 0 Å². The second kappa shape index (κ2) is 6.58. The zero-order valence-electron chi connectivity index (χ0n) is 9.19. The number of rotatable bonds is 5. The van der Waals surface area contributed by atoms with Crippen molar-refractivity contribution in [2.75, 3.05) is 6.61 Å². The monoisotopic (exact) mass is 291 g/mol. The maximum atomic E-state index is 11.8. The molecule has 1 rings (SSSR count). The van der Waals surface area contributed by atoms with Gasteiger partial charge in [-0.25, -0.2) is 4.79 Å². The summed E-state index contributed by atoms with van der Waals surface area (Å²) < 4.78 is 0. The third-order valence-electron chi connectivity index (χ3n) is 2.15. The lowest BCUT2D eigenvalue weighted by Crippen LogP contribution is -2.41. The van der Waals surface area contributed by atoms with Crippen molar-refractivity contribution in [3.63, 3.8) is 0 Å². The third-order valence-corrected chi connectivity index (χ3v) is 2.58. The highest BCUT2D eigenvalue weighted by Crippen LogP contribution is 2.19. The molecule has 0 saturated carbocycles. The number of halogens is 2. The van der Waals surface area contributed by atoms with Crippen LogP contribution < -0.4 is 5.32 Å². The van der Waals surface area contributed by atoms with Crippen LogP contribution in [0.25, 0.3) is 0 Å². The molecule has 0 aliphatic heterocycles. The summed E-state index contributed by atoms with van der Waals surface area (Å²) in [6.07, 6.45) is -0.0740. The van der Waals surface area contributed by atoms with E-state index in [1.165, 1.54) is 18.2 Å². The van der Waals surface area contributed by atoms with Crippen LogP contribution >= 0.6 is 23.2 Å². The number of hydrogen-bond donors (Lipinski definition) is 3. The van der Waals surface area contributed by atoms with Gasteiger partial charge in [-0.15, -0.1) is 0 Å². The maximum absolute atomic E-state index is 11.8. The molecule has 98 valence electrons. The van der Waals surface area contributed by atoms with Crippen molar-refractivity contribution in [2.45, 2.75) is 12.5 Å². The Kier molecular flexibility index (Phi) is 5.40. The van der Waals surface area contributed by atoms with Crippen molar-refractivity contribution in [1.29, 1.82) is 0 Å². The van der Waals surface area contributed by atoms with Crippen molar-refractivity contribution < 1.29 is 19.8 Å².